The summed E-state index contributed by atoms with van der Waals surface area (Å²) in [5, 5.41) is 15.6. The van der Waals surface area contributed by atoms with E-state index < -0.39 is 23.5 Å². The van der Waals surface area contributed by atoms with Crippen molar-refractivity contribution in [3.8, 4) is 11.6 Å². The minimum absolute atomic E-state index is 0.0708. The molecule has 1 aromatic carbocycles. The smallest absolute Gasteiger partial charge is 0.345 e. The third-order valence-corrected chi connectivity index (χ3v) is 3.19. The number of aromatic nitrogens is 2. The molecule has 2 aromatic rings. The summed E-state index contributed by atoms with van der Waals surface area (Å²) in [6.45, 7) is 5.26. The van der Waals surface area contributed by atoms with Crippen LogP contribution in [-0.2, 0) is 19.1 Å². The Morgan fingerprint density at radius 3 is 2.24 bits per heavy atom. The topological polar surface area (TPSA) is 106 Å². The number of esters is 2. The molecule has 1 aromatic heterocycles. The highest BCUT2D eigenvalue weighted by Gasteiger charge is 2.26. The van der Waals surface area contributed by atoms with Crippen molar-refractivity contribution < 1.29 is 33.4 Å². The summed E-state index contributed by atoms with van der Waals surface area (Å²) in [7, 11) is 0. The molecule has 0 aliphatic rings. The summed E-state index contributed by atoms with van der Waals surface area (Å²) in [6.07, 6.45) is 1.06. The summed E-state index contributed by atoms with van der Waals surface area (Å²) < 4.78 is 15.6. The molecule has 132 valence electrons. The monoisotopic (exact) mass is 346 g/mol. The number of hydrogen-bond donors (Lipinski definition) is 0. The van der Waals surface area contributed by atoms with Crippen molar-refractivity contribution in [2.45, 2.75) is 20.8 Å². The zero-order valence-electron chi connectivity index (χ0n) is 14.1. The molecule has 8 nitrogen and oxygen atoms in total. The molecule has 0 fully saturated rings. The Morgan fingerprint density at radius 1 is 1.16 bits per heavy atom. The van der Waals surface area contributed by atoms with Crippen LogP contribution in [0.5, 0.6) is 5.95 Å². The normalized spacial score (nSPS) is 10.2. The number of hydrogen-bond acceptors (Lipinski definition) is 7. The van der Waals surface area contributed by atoms with Crippen LogP contribution in [0.1, 0.15) is 25.1 Å². The lowest BCUT2D eigenvalue weighted by molar-refractivity contribution is -0.672. The predicted molar refractivity (Wildman–Crippen MR) is 83.5 cm³/mol. The molecule has 0 aliphatic heterocycles. The minimum Gasteiger partial charge on any atom is -0.539 e. The lowest BCUT2D eigenvalue weighted by Gasteiger charge is -2.05. The predicted octanol–water partition coefficient (Wildman–Crippen LogP) is 0.843. The van der Waals surface area contributed by atoms with E-state index in [9.17, 15) is 14.7 Å². The Labute approximate surface area is 144 Å². The van der Waals surface area contributed by atoms with Crippen LogP contribution >= 0.6 is 0 Å². The van der Waals surface area contributed by atoms with E-state index in [1.807, 2.05) is 19.1 Å². The van der Waals surface area contributed by atoms with Gasteiger partial charge in [0.25, 0.3) is 5.69 Å². The van der Waals surface area contributed by atoms with E-state index in [0.717, 1.165) is 11.6 Å². The van der Waals surface area contributed by atoms with Gasteiger partial charge in [0.2, 0.25) is 5.69 Å². The van der Waals surface area contributed by atoms with Crippen molar-refractivity contribution >= 4 is 18.0 Å². The van der Waals surface area contributed by atoms with E-state index in [4.69, 9.17) is 9.47 Å². The molecule has 0 unspecified atom stereocenters. The van der Waals surface area contributed by atoms with Crippen LogP contribution in [0.15, 0.2) is 34.4 Å². The number of carbonyl (C=O) groups excluding carboxylic acids is 2. The fourth-order valence-electron chi connectivity index (χ4n) is 2.00. The molecule has 0 spiro atoms. The third-order valence-electron chi connectivity index (χ3n) is 3.19. The average Bonchev–Trinajstić information content (AvgIpc) is 2.94. The second-order valence-corrected chi connectivity index (χ2v) is 4.99. The Balaban J connectivity index is 2.52. The van der Waals surface area contributed by atoms with Crippen molar-refractivity contribution in [3.05, 3.63) is 41.1 Å². The first kappa shape index (κ1) is 18.2. The van der Waals surface area contributed by atoms with E-state index in [0.29, 0.717) is 5.69 Å². The lowest BCUT2D eigenvalue weighted by atomic mass is 10.2. The van der Waals surface area contributed by atoms with Crippen LogP contribution in [0, 0.1) is 6.92 Å². The maximum absolute atomic E-state index is 12.0. The number of benzene rings is 1. The van der Waals surface area contributed by atoms with Crippen molar-refractivity contribution in [1.29, 1.82) is 0 Å². The summed E-state index contributed by atoms with van der Waals surface area (Å²) in [5.41, 5.74) is 1.05. The van der Waals surface area contributed by atoms with Gasteiger partial charge >= 0.3 is 11.9 Å². The van der Waals surface area contributed by atoms with E-state index in [1.54, 1.807) is 26.0 Å². The van der Waals surface area contributed by atoms with Crippen LogP contribution in [0.2, 0.25) is 0 Å². The van der Waals surface area contributed by atoms with Gasteiger partial charge in [0.05, 0.1) is 18.5 Å². The lowest BCUT2D eigenvalue weighted by Crippen LogP contribution is -2.36. The van der Waals surface area contributed by atoms with E-state index in [-0.39, 0.29) is 18.9 Å². The van der Waals surface area contributed by atoms with E-state index >= 15 is 0 Å². The molecular formula is C17H18N2O6. The van der Waals surface area contributed by atoms with Gasteiger partial charge in [-0.25, -0.2) is 9.59 Å². The van der Waals surface area contributed by atoms with Crippen LogP contribution in [-0.4, -0.2) is 30.4 Å². The van der Waals surface area contributed by atoms with Gasteiger partial charge in [0.15, 0.2) is 11.5 Å². The highest BCUT2D eigenvalue weighted by atomic mass is 16.6. The number of rotatable bonds is 6. The van der Waals surface area contributed by atoms with E-state index in [2.05, 4.69) is 9.79 Å². The summed E-state index contributed by atoms with van der Waals surface area (Å²) in [5.74, 6) is -2.58. The van der Waals surface area contributed by atoms with Gasteiger partial charge in [-0.2, -0.15) is 0 Å². The van der Waals surface area contributed by atoms with Crippen molar-refractivity contribution in [1.82, 2.24) is 5.27 Å². The molecule has 1 heterocycles. The van der Waals surface area contributed by atoms with Gasteiger partial charge in [-0.15, -0.1) is 0 Å². The third kappa shape index (κ3) is 4.23. The SMILES string of the molecule is CCOC(=O)C(=Cc1c([O-])on[n+]1-c1ccc(C)cc1)C(=O)OCC. The second-order valence-electron chi connectivity index (χ2n) is 4.99. The van der Waals surface area contributed by atoms with Crippen LogP contribution in [0.3, 0.4) is 0 Å². The van der Waals surface area contributed by atoms with Gasteiger partial charge in [-0.3, -0.25) is 0 Å². The average molecular weight is 346 g/mol. The van der Waals surface area contributed by atoms with Gasteiger partial charge in [-0.1, -0.05) is 17.7 Å². The number of carbonyl (C=O) groups is 2. The Kier molecular flexibility index (Phi) is 5.89. The fourth-order valence-corrected chi connectivity index (χ4v) is 2.00. The molecule has 0 aliphatic carbocycles. The molecule has 2 rings (SSSR count). The maximum Gasteiger partial charge on any atom is 0.345 e. The summed E-state index contributed by atoms with van der Waals surface area (Å²) in [6, 6.07) is 7.10. The second kappa shape index (κ2) is 8.09. The first-order chi connectivity index (χ1) is 12.0. The number of ether oxygens (including phenoxy) is 2. The van der Waals surface area contributed by atoms with Crippen molar-refractivity contribution in [2.24, 2.45) is 0 Å². The minimum atomic E-state index is -0.892. The number of aryl methyl sites for hydroxylation is 1. The quantitative estimate of drug-likeness (QED) is 0.251. The zero-order chi connectivity index (χ0) is 18.4. The molecule has 0 radical (unpaired) electrons. The fraction of sp³-hybridized carbons (Fsp3) is 0.294. The molecule has 0 saturated heterocycles. The first-order valence-electron chi connectivity index (χ1n) is 7.69. The summed E-state index contributed by atoms with van der Waals surface area (Å²) >= 11 is 0. The van der Waals surface area contributed by atoms with Gasteiger partial charge in [0, 0.05) is 18.2 Å². The molecule has 0 bridgehead atoms. The standard InChI is InChI=1S/C17H18N2O6/c1-4-23-15(20)13(16(21)24-5-2)10-14-17(22)25-18-19(14)12-8-6-11(3)7-9-12/h6-10H,4-5H2,1-3H3. The molecule has 0 atom stereocenters. The van der Waals surface area contributed by atoms with Gasteiger partial charge < -0.3 is 19.1 Å². The van der Waals surface area contributed by atoms with Crippen LogP contribution in [0.4, 0.5) is 0 Å². The molecule has 0 N–H and O–H groups in total. The van der Waals surface area contributed by atoms with Crippen LogP contribution < -0.4 is 9.79 Å². The highest BCUT2D eigenvalue weighted by Crippen LogP contribution is 2.16. The maximum atomic E-state index is 12.0. The Hall–Kier alpha value is -3.16. The molecule has 0 saturated carbocycles. The van der Waals surface area contributed by atoms with Crippen LogP contribution in [0.25, 0.3) is 11.8 Å². The first-order valence-corrected chi connectivity index (χ1v) is 7.69. The number of nitrogens with zero attached hydrogens (tertiary/aromatic N) is 2. The molecule has 0 amide bonds. The zero-order valence-corrected chi connectivity index (χ0v) is 14.1. The van der Waals surface area contributed by atoms with Crippen molar-refractivity contribution in [2.75, 3.05) is 13.2 Å². The largest absolute Gasteiger partial charge is 0.539 e. The Bertz CT molecular complexity index is 772. The summed E-state index contributed by atoms with van der Waals surface area (Å²) in [4.78, 5) is 24.1. The molecule has 25 heavy (non-hydrogen) atoms. The van der Waals surface area contributed by atoms with Gasteiger partial charge in [-0.05, 0) is 25.5 Å². The Morgan fingerprint density at radius 2 is 1.72 bits per heavy atom. The molecule has 8 heteroatoms. The highest BCUT2D eigenvalue weighted by molar-refractivity contribution is 6.17. The molecular weight excluding hydrogens is 328 g/mol. The van der Waals surface area contributed by atoms with E-state index in [1.165, 1.54) is 4.68 Å². The van der Waals surface area contributed by atoms with Crippen molar-refractivity contribution in [3.63, 3.8) is 0 Å². The van der Waals surface area contributed by atoms with Gasteiger partial charge in [0.1, 0.15) is 0 Å².